The third-order valence-electron chi connectivity index (χ3n) is 2.86. The van der Waals surface area contributed by atoms with Crippen molar-refractivity contribution < 1.29 is 4.74 Å². The van der Waals surface area contributed by atoms with Gasteiger partial charge >= 0.3 is 0 Å². The summed E-state index contributed by atoms with van der Waals surface area (Å²) >= 11 is 6.97. The zero-order valence-corrected chi connectivity index (χ0v) is 10.9. The zero-order chi connectivity index (χ0) is 11.7. The number of fused-ring (bicyclic) bond motifs is 1. The predicted molar refractivity (Wildman–Crippen MR) is 70.9 cm³/mol. The maximum absolute atomic E-state index is 5.33. The van der Waals surface area contributed by atoms with Gasteiger partial charge < -0.3 is 9.72 Å². The number of hydrogen-bond donors (Lipinski definition) is 1. The number of thiophene rings is 1. The molecule has 0 bridgehead atoms. The van der Waals surface area contributed by atoms with Gasteiger partial charge in [0.25, 0.3) is 0 Å². The molecule has 1 aliphatic rings. The number of rotatable bonds is 2. The molecule has 1 aliphatic heterocycles. The Labute approximate surface area is 108 Å². The average Bonchev–Trinajstić information content (AvgIpc) is 2.79. The van der Waals surface area contributed by atoms with Crippen molar-refractivity contribution in [3.05, 3.63) is 21.9 Å². The monoisotopic (exact) mass is 267 g/mol. The van der Waals surface area contributed by atoms with Crippen molar-refractivity contribution in [2.45, 2.75) is 6.54 Å². The van der Waals surface area contributed by atoms with Crippen LogP contribution in [-0.4, -0.2) is 41.2 Å². The minimum Gasteiger partial charge on any atom is -0.379 e. The number of nitrogens with one attached hydrogen (secondary N) is 1. The largest absolute Gasteiger partial charge is 0.379 e. The van der Waals surface area contributed by atoms with Crippen molar-refractivity contribution in [3.8, 4) is 0 Å². The molecule has 3 rings (SSSR count). The molecule has 0 radical (unpaired) electrons. The third kappa shape index (κ3) is 2.40. The Balaban J connectivity index is 1.87. The second-order valence-corrected chi connectivity index (χ2v) is 5.34. The van der Waals surface area contributed by atoms with Gasteiger partial charge in [0.2, 0.25) is 0 Å². The van der Waals surface area contributed by atoms with Crippen LogP contribution in [0.15, 0.2) is 11.4 Å². The molecule has 1 saturated heterocycles. The molecule has 0 unspecified atom stereocenters. The first-order valence-corrected chi connectivity index (χ1v) is 6.88. The van der Waals surface area contributed by atoms with E-state index in [1.165, 1.54) is 0 Å². The van der Waals surface area contributed by atoms with E-state index < -0.39 is 0 Å². The smallest absolute Gasteiger partial charge is 0.128 e. The van der Waals surface area contributed by atoms with Crippen molar-refractivity contribution in [1.29, 1.82) is 0 Å². The highest BCUT2D eigenvalue weighted by atomic mass is 32.1. The van der Waals surface area contributed by atoms with Gasteiger partial charge in [-0.25, -0.2) is 4.98 Å². The van der Waals surface area contributed by atoms with Crippen LogP contribution in [0.3, 0.4) is 0 Å². The van der Waals surface area contributed by atoms with E-state index in [2.05, 4.69) is 14.9 Å². The molecule has 3 heterocycles. The first kappa shape index (κ1) is 11.3. The molecule has 0 atom stereocenters. The highest BCUT2D eigenvalue weighted by Gasteiger charge is 2.12. The fourth-order valence-electron chi connectivity index (χ4n) is 1.96. The van der Waals surface area contributed by atoms with Crippen molar-refractivity contribution in [2.24, 2.45) is 0 Å². The maximum Gasteiger partial charge on any atom is 0.128 e. The lowest BCUT2D eigenvalue weighted by Gasteiger charge is -2.25. The molecule has 6 heteroatoms. The summed E-state index contributed by atoms with van der Waals surface area (Å²) in [5.41, 5.74) is 0. The minimum atomic E-state index is 0.791. The Bertz CT molecular complexity index is 571. The van der Waals surface area contributed by atoms with Gasteiger partial charge in [-0.1, -0.05) is 12.2 Å². The molecule has 0 aliphatic carbocycles. The standard InChI is InChI=1S/C11H13N3OS2/c16-10-8-1-6-17-11(8)13-9(12-10)7-14-2-4-15-5-3-14/h1,6H,2-5,7H2,(H,12,13,16). The molecule has 90 valence electrons. The number of aromatic amines is 1. The molecule has 2 aromatic rings. The number of ether oxygens (including phenoxy) is 1. The van der Waals surface area contributed by atoms with Gasteiger partial charge in [-0.2, -0.15) is 0 Å². The molecule has 2 aromatic heterocycles. The highest BCUT2D eigenvalue weighted by Crippen LogP contribution is 2.19. The Kier molecular flexibility index (Phi) is 3.19. The van der Waals surface area contributed by atoms with E-state index in [1.807, 2.05) is 11.4 Å². The Morgan fingerprint density at radius 3 is 3.12 bits per heavy atom. The van der Waals surface area contributed by atoms with Crippen LogP contribution in [0, 0.1) is 4.64 Å². The quantitative estimate of drug-likeness (QED) is 0.847. The van der Waals surface area contributed by atoms with E-state index in [4.69, 9.17) is 17.0 Å². The van der Waals surface area contributed by atoms with E-state index in [0.717, 1.165) is 53.5 Å². The highest BCUT2D eigenvalue weighted by molar-refractivity contribution is 7.71. The van der Waals surface area contributed by atoms with Crippen LogP contribution in [0.1, 0.15) is 5.82 Å². The van der Waals surface area contributed by atoms with Gasteiger partial charge in [0.05, 0.1) is 19.8 Å². The second-order valence-electron chi connectivity index (χ2n) is 4.04. The summed E-state index contributed by atoms with van der Waals surface area (Å²) in [6, 6.07) is 2.02. The van der Waals surface area contributed by atoms with Gasteiger partial charge in [0, 0.05) is 18.5 Å². The van der Waals surface area contributed by atoms with E-state index in [1.54, 1.807) is 11.3 Å². The molecule has 0 spiro atoms. The van der Waals surface area contributed by atoms with Crippen LogP contribution in [0.2, 0.25) is 0 Å². The Morgan fingerprint density at radius 1 is 1.47 bits per heavy atom. The number of H-pyrrole nitrogens is 1. The van der Waals surface area contributed by atoms with Crippen LogP contribution < -0.4 is 0 Å². The van der Waals surface area contributed by atoms with Crippen LogP contribution in [0.25, 0.3) is 10.2 Å². The number of morpholine rings is 1. The zero-order valence-electron chi connectivity index (χ0n) is 9.31. The number of nitrogens with zero attached hydrogens (tertiary/aromatic N) is 2. The lowest BCUT2D eigenvalue weighted by atomic mass is 10.4. The molecule has 0 amide bonds. The van der Waals surface area contributed by atoms with E-state index in [0.29, 0.717) is 0 Å². The first-order valence-electron chi connectivity index (χ1n) is 5.59. The van der Waals surface area contributed by atoms with Crippen molar-refractivity contribution >= 4 is 33.8 Å². The van der Waals surface area contributed by atoms with Crippen molar-refractivity contribution in [1.82, 2.24) is 14.9 Å². The summed E-state index contributed by atoms with van der Waals surface area (Å²) in [7, 11) is 0. The van der Waals surface area contributed by atoms with Gasteiger partial charge in [0.15, 0.2) is 0 Å². The fourth-order valence-corrected chi connectivity index (χ4v) is 3.10. The Morgan fingerprint density at radius 2 is 2.29 bits per heavy atom. The van der Waals surface area contributed by atoms with Gasteiger partial charge in [-0.15, -0.1) is 11.3 Å². The summed E-state index contributed by atoms with van der Waals surface area (Å²) in [6.45, 7) is 4.36. The molecule has 0 aromatic carbocycles. The van der Waals surface area contributed by atoms with Gasteiger partial charge in [0.1, 0.15) is 15.3 Å². The summed E-state index contributed by atoms with van der Waals surface area (Å²) in [4.78, 5) is 11.2. The van der Waals surface area contributed by atoms with Crippen LogP contribution in [0.4, 0.5) is 0 Å². The first-order chi connectivity index (χ1) is 8.33. The van der Waals surface area contributed by atoms with Crippen LogP contribution in [0.5, 0.6) is 0 Å². The molecule has 0 saturated carbocycles. The SMILES string of the molecule is S=c1[nH]c(CN2CCOCC2)nc2sccc12. The topological polar surface area (TPSA) is 41.2 Å². The third-order valence-corrected chi connectivity index (χ3v) is 3.99. The Hall–Kier alpha value is -0.820. The van der Waals surface area contributed by atoms with Gasteiger partial charge in [-0.05, 0) is 11.4 Å². The fraction of sp³-hybridized carbons (Fsp3) is 0.455. The lowest BCUT2D eigenvalue weighted by molar-refractivity contribution is 0.0331. The van der Waals surface area contributed by atoms with E-state index in [-0.39, 0.29) is 0 Å². The van der Waals surface area contributed by atoms with Crippen molar-refractivity contribution in [3.63, 3.8) is 0 Å². The van der Waals surface area contributed by atoms with Crippen LogP contribution in [-0.2, 0) is 11.3 Å². The molecule has 1 N–H and O–H groups in total. The molecule has 17 heavy (non-hydrogen) atoms. The minimum absolute atomic E-state index is 0.791. The summed E-state index contributed by atoms with van der Waals surface area (Å²) in [6.07, 6.45) is 0. The van der Waals surface area contributed by atoms with Crippen molar-refractivity contribution in [2.75, 3.05) is 26.3 Å². The molecule has 1 fully saturated rings. The van der Waals surface area contributed by atoms with E-state index in [9.17, 15) is 0 Å². The summed E-state index contributed by atoms with van der Waals surface area (Å²) < 4.78 is 6.12. The summed E-state index contributed by atoms with van der Waals surface area (Å²) in [5.74, 6) is 0.951. The van der Waals surface area contributed by atoms with E-state index >= 15 is 0 Å². The molecular weight excluding hydrogens is 254 g/mol. The summed E-state index contributed by atoms with van der Waals surface area (Å²) in [5, 5.41) is 3.08. The lowest BCUT2D eigenvalue weighted by Crippen LogP contribution is -2.36. The number of aromatic nitrogens is 2. The normalized spacial score (nSPS) is 17.6. The molecular formula is C11H13N3OS2. The average molecular weight is 267 g/mol. The second kappa shape index (κ2) is 4.81. The number of hydrogen-bond acceptors (Lipinski definition) is 5. The van der Waals surface area contributed by atoms with Gasteiger partial charge in [-0.3, -0.25) is 4.90 Å². The molecule has 4 nitrogen and oxygen atoms in total. The maximum atomic E-state index is 5.33. The predicted octanol–water partition coefficient (Wildman–Crippen LogP) is 2.19. The van der Waals surface area contributed by atoms with Crippen LogP contribution >= 0.6 is 23.6 Å².